The number of nitrogens with one attached hydrogen (secondary N) is 1. The van der Waals surface area contributed by atoms with Crippen molar-refractivity contribution >= 4 is 11.9 Å². The van der Waals surface area contributed by atoms with Crippen LogP contribution in [0.15, 0.2) is 41.4 Å². The molecule has 0 spiro atoms. The predicted molar refractivity (Wildman–Crippen MR) is 112 cm³/mol. The van der Waals surface area contributed by atoms with E-state index in [9.17, 15) is 5.11 Å². The molecule has 0 radical (unpaired) electrons. The van der Waals surface area contributed by atoms with Gasteiger partial charge in [-0.2, -0.15) is 0 Å². The maximum Gasteiger partial charge on any atom is 0.128 e. The molecule has 0 fully saturated rings. The highest BCUT2D eigenvalue weighted by Crippen LogP contribution is 2.37. The minimum atomic E-state index is -0.141. The lowest BCUT2D eigenvalue weighted by Gasteiger charge is -2.27. The van der Waals surface area contributed by atoms with E-state index in [4.69, 9.17) is 0 Å². The molecule has 0 bridgehead atoms. The first kappa shape index (κ1) is 20.2. The van der Waals surface area contributed by atoms with E-state index in [1.54, 1.807) is 6.21 Å². The summed E-state index contributed by atoms with van der Waals surface area (Å²) >= 11 is 0. The summed E-state index contributed by atoms with van der Waals surface area (Å²) in [6, 6.07) is 12.2. The van der Waals surface area contributed by atoms with Crippen molar-refractivity contribution in [3.05, 3.63) is 58.7 Å². The van der Waals surface area contributed by atoms with Crippen molar-refractivity contribution in [2.45, 2.75) is 58.9 Å². The van der Waals surface area contributed by atoms with Gasteiger partial charge in [-0.25, -0.2) is 0 Å². The first-order valence-corrected chi connectivity index (χ1v) is 9.18. The third-order valence-electron chi connectivity index (χ3n) is 4.52. The average Bonchev–Trinajstić information content (AvgIpc) is 2.53. The standard InChI is InChI=1S/C23H32N2O/c1-22(2,3)18-12-17(21(26)19(13-18)23(4,5)6)15-25-20-11-9-8-10-16(20)14-24-7/h8-13,15,24,26H,14H2,1-7H3. The summed E-state index contributed by atoms with van der Waals surface area (Å²) in [5.41, 5.74) is 4.83. The van der Waals surface area contributed by atoms with Gasteiger partial charge in [0.25, 0.3) is 0 Å². The summed E-state index contributed by atoms with van der Waals surface area (Å²) in [5, 5.41) is 14.0. The summed E-state index contributed by atoms with van der Waals surface area (Å²) in [6.45, 7) is 13.7. The maximum absolute atomic E-state index is 10.9. The molecule has 2 rings (SSSR count). The Morgan fingerprint density at radius 3 is 2.23 bits per heavy atom. The molecule has 2 aromatic carbocycles. The highest BCUT2D eigenvalue weighted by atomic mass is 16.3. The van der Waals surface area contributed by atoms with Gasteiger partial charge in [-0.1, -0.05) is 65.8 Å². The molecular formula is C23H32N2O. The van der Waals surface area contributed by atoms with Crippen LogP contribution in [0.1, 0.15) is 63.8 Å². The molecule has 26 heavy (non-hydrogen) atoms. The Labute approximate surface area is 158 Å². The van der Waals surface area contributed by atoms with Gasteiger partial charge in [0.1, 0.15) is 5.75 Å². The monoisotopic (exact) mass is 352 g/mol. The van der Waals surface area contributed by atoms with E-state index in [0.29, 0.717) is 5.75 Å². The molecule has 0 heterocycles. The molecule has 0 aliphatic heterocycles. The second-order valence-corrected chi connectivity index (χ2v) is 8.88. The molecule has 0 atom stereocenters. The Hall–Kier alpha value is -2.13. The quantitative estimate of drug-likeness (QED) is 0.718. The normalized spacial score (nSPS) is 12.7. The summed E-state index contributed by atoms with van der Waals surface area (Å²) in [5.74, 6) is 0.320. The second-order valence-electron chi connectivity index (χ2n) is 8.88. The van der Waals surface area contributed by atoms with Crippen molar-refractivity contribution in [1.82, 2.24) is 5.32 Å². The molecule has 140 valence electrons. The highest BCUT2D eigenvalue weighted by molar-refractivity contribution is 5.87. The second kappa shape index (κ2) is 7.63. The van der Waals surface area contributed by atoms with Gasteiger partial charge in [-0.15, -0.1) is 0 Å². The van der Waals surface area contributed by atoms with Crippen LogP contribution in [0.3, 0.4) is 0 Å². The van der Waals surface area contributed by atoms with Crippen LogP contribution in [0, 0.1) is 0 Å². The first-order chi connectivity index (χ1) is 12.0. The van der Waals surface area contributed by atoms with Crippen molar-refractivity contribution in [3.8, 4) is 5.75 Å². The number of nitrogens with zero attached hydrogens (tertiary/aromatic N) is 1. The fourth-order valence-electron chi connectivity index (χ4n) is 2.88. The molecule has 2 N–H and O–H groups in total. The largest absolute Gasteiger partial charge is 0.507 e. The fraction of sp³-hybridized carbons (Fsp3) is 0.435. The first-order valence-electron chi connectivity index (χ1n) is 9.18. The minimum Gasteiger partial charge on any atom is -0.507 e. The van der Waals surface area contributed by atoms with Crippen molar-refractivity contribution in [3.63, 3.8) is 0 Å². The molecule has 0 saturated heterocycles. The molecule has 0 aliphatic carbocycles. The van der Waals surface area contributed by atoms with Crippen LogP contribution in [-0.4, -0.2) is 18.4 Å². The smallest absolute Gasteiger partial charge is 0.128 e. The van der Waals surface area contributed by atoms with Crippen LogP contribution in [0.4, 0.5) is 5.69 Å². The fourth-order valence-corrected chi connectivity index (χ4v) is 2.88. The van der Waals surface area contributed by atoms with Gasteiger partial charge in [-0.3, -0.25) is 4.99 Å². The minimum absolute atomic E-state index is 0.000325. The van der Waals surface area contributed by atoms with Crippen molar-refractivity contribution in [1.29, 1.82) is 0 Å². The lowest BCUT2D eigenvalue weighted by Crippen LogP contribution is -2.17. The van der Waals surface area contributed by atoms with E-state index in [0.717, 1.165) is 28.9 Å². The van der Waals surface area contributed by atoms with Crippen LogP contribution in [0.2, 0.25) is 0 Å². The lowest BCUT2D eigenvalue weighted by molar-refractivity contribution is 0.444. The molecule has 0 aliphatic rings. The Balaban J connectivity index is 2.56. The number of rotatable bonds is 4. The van der Waals surface area contributed by atoms with Crippen LogP contribution in [-0.2, 0) is 17.4 Å². The zero-order chi connectivity index (χ0) is 19.5. The zero-order valence-electron chi connectivity index (χ0n) is 17.1. The SMILES string of the molecule is CNCc1ccccc1N=Cc1cc(C(C)(C)C)cc(C(C)(C)C)c1O. The number of aliphatic imine (C=N–C) groups is 1. The number of hydrogen-bond donors (Lipinski definition) is 2. The van der Waals surface area contributed by atoms with Gasteiger partial charge >= 0.3 is 0 Å². The Bertz CT molecular complexity index is 793. The summed E-state index contributed by atoms with van der Waals surface area (Å²) in [4.78, 5) is 4.68. The molecule has 3 heteroatoms. The van der Waals surface area contributed by atoms with Crippen molar-refractivity contribution < 1.29 is 5.11 Å². The van der Waals surface area contributed by atoms with E-state index in [-0.39, 0.29) is 10.8 Å². The number of phenolic OH excluding ortho intramolecular Hbond substituents is 1. The Morgan fingerprint density at radius 2 is 1.65 bits per heavy atom. The maximum atomic E-state index is 10.9. The summed E-state index contributed by atoms with van der Waals surface area (Å²) in [7, 11) is 1.93. The van der Waals surface area contributed by atoms with Gasteiger partial charge in [0.05, 0.1) is 5.69 Å². The van der Waals surface area contributed by atoms with Crippen molar-refractivity contribution in [2.24, 2.45) is 4.99 Å². The molecule has 0 amide bonds. The van der Waals surface area contributed by atoms with Gasteiger partial charge in [0.2, 0.25) is 0 Å². The number of hydrogen-bond acceptors (Lipinski definition) is 3. The highest BCUT2D eigenvalue weighted by Gasteiger charge is 2.24. The van der Waals surface area contributed by atoms with Crippen molar-refractivity contribution in [2.75, 3.05) is 7.05 Å². The zero-order valence-corrected chi connectivity index (χ0v) is 17.1. The van der Waals surface area contributed by atoms with E-state index in [1.165, 1.54) is 5.56 Å². The van der Waals surface area contributed by atoms with E-state index >= 15 is 0 Å². The third kappa shape index (κ3) is 4.73. The summed E-state index contributed by atoms with van der Waals surface area (Å²) in [6.07, 6.45) is 1.79. The summed E-state index contributed by atoms with van der Waals surface area (Å²) < 4.78 is 0. The van der Waals surface area contributed by atoms with Gasteiger partial charge in [0.15, 0.2) is 0 Å². The predicted octanol–water partition coefficient (Wildman–Crippen LogP) is 5.46. The topological polar surface area (TPSA) is 44.6 Å². The molecule has 0 saturated carbocycles. The van der Waals surface area contributed by atoms with Gasteiger partial charge in [-0.05, 0) is 41.1 Å². The Morgan fingerprint density at radius 1 is 1.00 bits per heavy atom. The number of benzene rings is 2. The Kier molecular flexibility index (Phi) is 5.92. The molecule has 0 aromatic heterocycles. The lowest BCUT2D eigenvalue weighted by atomic mass is 9.79. The van der Waals surface area contributed by atoms with Crippen LogP contribution < -0.4 is 5.32 Å². The van der Waals surface area contributed by atoms with Crippen LogP contribution in [0.25, 0.3) is 0 Å². The molecule has 2 aromatic rings. The number of phenols is 1. The molecule has 3 nitrogen and oxygen atoms in total. The van der Waals surface area contributed by atoms with Gasteiger partial charge in [0, 0.05) is 23.9 Å². The van der Waals surface area contributed by atoms with Crippen LogP contribution >= 0.6 is 0 Å². The molecule has 0 unspecified atom stereocenters. The third-order valence-corrected chi connectivity index (χ3v) is 4.52. The van der Waals surface area contributed by atoms with Gasteiger partial charge < -0.3 is 10.4 Å². The van der Waals surface area contributed by atoms with E-state index < -0.39 is 0 Å². The number of aromatic hydroxyl groups is 1. The van der Waals surface area contributed by atoms with Crippen LogP contribution in [0.5, 0.6) is 5.75 Å². The molecular weight excluding hydrogens is 320 g/mol. The average molecular weight is 353 g/mol. The van der Waals surface area contributed by atoms with E-state index in [2.05, 4.69) is 70.1 Å². The van der Waals surface area contributed by atoms with E-state index in [1.807, 2.05) is 25.2 Å². The number of para-hydroxylation sites is 1.